The van der Waals surface area contributed by atoms with E-state index in [4.69, 9.17) is 10.5 Å². The van der Waals surface area contributed by atoms with Crippen LogP contribution in [0, 0.1) is 6.92 Å². The third-order valence-electron chi connectivity index (χ3n) is 4.91. The van der Waals surface area contributed by atoms with Gasteiger partial charge in [0, 0.05) is 11.3 Å². The number of aryl methyl sites for hydroxylation is 1. The van der Waals surface area contributed by atoms with Crippen molar-refractivity contribution >= 4 is 17.3 Å². The third kappa shape index (κ3) is 3.81. The van der Waals surface area contributed by atoms with Crippen molar-refractivity contribution in [2.45, 2.75) is 6.92 Å². The molecule has 0 bridgehead atoms. The summed E-state index contributed by atoms with van der Waals surface area (Å²) in [6.45, 7) is 2.27. The Hall–Kier alpha value is -3.71. The van der Waals surface area contributed by atoms with Crippen LogP contribution in [0.2, 0.25) is 0 Å². The normalized spacial score (nSPS) is 17.5. The fraction of sp³-hybridized carbons (Fsp3) is 0.136. The maximum Gasteiger partial charge on any atom is 0.273 e. The van der Waals surface area contributed by atoms with Gasteiger partial charge < -0.3 is 21.1 Å². The van der Waals surface area contributed by atoms with Crippen LogP contribution in [0.3, 0.4) is 0 Å². The minimum absolute atomic E-state index is 0.202. The van der Waals surface area contributed by atoms with Crippen molar-refractivity contribution in [3.63, 3.8) is 0 Å². The molecule has 0 saturated heterocycles. The molecule has 0 saturated carbocycles. The molecule has 1 atom stereocenters. The summed E-state index contributed by atoms with van der Waals surface area (Å²) in [4.78, 5) is 14.2. The number of para-hydroxylation sites is 1. The van der Waals surface area contributed by atoms with Crippen LogP contribution < -0.4 is 26.0 Å². The molecule has 0 fully saturated rings. The number of primary amides is 1. The quantitative estimate of drug-likeness (QED) is 0.598. The zero-order valence-corrected chi connectivity index (χ0v) is 16.4. The van der Waals surface area contributed by atoms with Crippen LogP contribution in [0.1, 0.15) is 11.1 Å². The number of nitrogens with zero attached hydrogens (tertiary/aromatic N) is 1. The molecule has 2 aliphatic heterocycles. The van der Waals surface area contributed by atoms with Gasteiger partial charge in [-0.2, -0.15) is 0 Å². The lowest BCUT2D eigenvalue weighted by atomic mass is 10.1. The van der Waals surface area contributed by atoms with Gasteiger partial charge in [0.15, 0.2) is 12.4 Å². The van der Waals surface area contributed by atoms with Crippen molar-refractivity contribution < 1.29 is 14.4 Å². The zero-order valence-electron chi connectivity index (χ0n) is 16.4. The Morgan fingerprint density at radius 1 is 1.21 bits per heavy atom. The number of hydrogen-bond donors (Lipinski definition) is 4. The van der Waals surface area contributed by atoms with E-state index in [1.165, 1.54) is 0 Å². The average molecular weight is 390 g/mol. The van der Waals surface area contributed by atoms with Crippen LogP contribution in [0.25, 0.3) is 5.70 Å². The van der Waals surface area contributed by atoms with Gasteiger partial charge in [0.05, 0.1) is 19.0 Å². The van der Waals surface area contributed by atoms with Gasteiger partial charge in [-0.1, -0.05) is 18.2 Å². The van der Waals surface area contributed by atoms with Crippen LogP contribution in [0.4, 0.5) is 5.69 Å². The molecule has 0 spiro atoms. The first-order chi connectivity index (χ1) is 14.0. The molecule has 7 nitrogen and oxygen atoms in total. The summed E-state index contributed by atoms with van der Waals surface area (Å²) in [5.74, 6) is 2.22. The maximum absolute atomic E-state index is 11.3. The molecule has 0 aliphatic carbocycles. The molecule has 0 aromatic heterocycles. The highest BCUT2D eigenvalue weighted by Gasteiger charge is 2.31. The van der Waals surface area contributed by atoms with E-state index in [0.717, 1.165) is 44.8 Å². The number of quaternary nitrogens is 1. The van der Waals surface area contributed by atoms with Crippen molar-refractivity contribution in [2.75, 3.05) is 19.0 Å². The second-order valence-electron chi connectivity index (χ2n) is 6.95. The van der Waals surface area contributed by atoms with E-state index in [2.05, 4.69) is 23.6 Å². The van der Waals surface area contributed by atoms with E-state index < -0.39 is 0 Å². The van der Waals surface area contributed by atoms with Gasteiger partial charge >= 0.3 is 0 Å². The zero-order chi connectivity index (χ0) is 20.4. The van der Waals surface area contributed by atoms with E-state index in [1.54, 1.807) is 7.11 Å². The van der Waals surface area contributed by atoms with E-state index in [-0.39, 0.29) is 12.5 Å². The Kier molecular flexibility index (Phi) is 4.97. The second-order valence-corrected chi connectivity index (χ2v) is 6.95. The Bertz CT molecular complexity index is 1020. The summed E-state index contributed by atoms with van der Waals surface area (Å²) >= 11 is 0. The van der Waals surface area contributed by atoms with Crippen molar-refractivity contribution in [2.24, 2.45) is 5.73 Å². The highest BCUT2D eigenvalue weighted by molar-refractivity contribution is 5.76. The number of anilines is 1. The standard InChI is InChI=1S/C22H23N5O2/c1-15-5-3-4-6-18(15)24-22-21(16-7-9-17(29-2)10-8-16)25-20-14-26(13-19(23)28)11-12-27(20)22/h3-12,14,24-25H,13H2,1-2H3,(H2,23,28)/p+1. The summed E-state index contributed by atoms with van der Waals surface area (Å²) < 4.78 is 5.28. The first-order valence-corrected chi connectivity index (χ1v) is 9.37. The number of fused-ring (bicyclic) bond motifs is 1. The van der Waals surface area contributed by atoms with Gasteiger partial charge in [0.25, 0.3) is 5.91 Å². The van der Waals surface area contributed by atoms with E-state index in [9.17, 15) is 4.79 Å². The van der Waals surface area contributed by atoms with E-state index in [1.807, 2.05) is 66.0 Å². The minimum atomic E-state index is -0.352. The lowest BCUT2D eigenvalue weighted by Crippen LogP contribution is -3.05. The number of rotatable bonds is 6. The summed E-state index contributed by atoms with van der Waals surface area (Å²) in [5.41, 5.74) is 9.49. The van der Waals surface area contributed by atoms with Crippen LogP contribution in [0.5, 0.6) is 5.75 Å². The molecule has 148 valence electrons. The SMILES string of the molecule is COc1ccc(C2=C(Nc3ccccc3C)N3C=C[NH+](CC(N)=O)C=C3N2)cc1. The molecular formula is C22H24N5O2+. The molecule has 7 heteroatoms. The summed E-state index contributed by atoms with van der Waals surface area (Å²) in [7, 11) is 1.65. The molecule has 2 aromatic rings. The van der Waals surface area contributed by atoms with Crippen molar-refractivity contribution in [1.82, 2.24) is 10.2 Å². The Labute approximate surface area is 169 Å². The summed E-state index contributed by atoms with van der Waals surface area (Å²) in [6, 6.07) is 16.0. The average Bonchev–Trinajstić information content (AvgIpc) is 3.07. The highest BCUT2D eigenvalue weighted by Crippen LogP contribution is 2.32. The van der Waals surface area contributed by atoms with Gasteiger partial charge in [-0.25, -0.2) is 0 Å². The first kappa shape index (κ1) is 18.6. The van der Waals surface area contributed by atoms with E-state index in [0.29, 0.717) is 0 Å². The number of benzene rings is 2. The number of methoxy groups -OCH3 is 1. The molecule has 29 heavy (non-hydrogen) atoms. The van der Waals surface area contributed by atoms with E-state index >= 15 is 0 Å². The monoisotopic (exact) mass is 390 g/mol. The number of carbonyl (C=O) groups excluding carboxylic acids is 1. The second kappa shape index (κ2) is 7.73. The smallest absolute Gasteiger partial charge is 0.273 e. The van der Waals surface area contributed by atoms with Gasteiger partial charge in [-0.15, -0.1) is 0 Å². The number of nitrogens with two attached hydrogens (primary N) is 1. The van der Waals surface area contributed by atoms with Crippen LogP contribution in [0.15, 0.2) is 78.8 Å². The lowest BCUT2D eigenvalue weighted by molar-refractivity contribution is -0.783. The molecule has 1 amide bonds. The number of nitrogens with one attached hydrogen (secondary N) is 3. The lowest BCUT2D eigenvalue weighted by Gasteiger charge is -2.24. The number of hydrogen-bond acceptors (Lipinski definition) is 5. The largest absolute Gasteiger partial charge is 0.497 e. The van der Waals surface area contributed by atoms with Crippen molar-refractivity contribution in [1.29, 1.82) is 0 Å². The van der Waals surface area contributed by atoms with Gasteiger partial charge in [0.1, 0.15) is 24.0 Å². The van der Waals surface area contributed by atoms with Gasteiger partial charge in [0.2, 0.25) is 0 Å². The van der Waals surface area contributed by atoms with Crippen LogP contribution in [-0.4, -0.2) is 24.5 Å². The molecule has 1 unspecified atom stereocenters. The molecule has 2 heterocycles. The first-order valence-electron chi connectivity index (χ1n) is 9.37. The van der Waals surface area contributed by atoms with Crippen molar-refractivity contribution in [3.05, 3.63) is 89.9 Å². The fourth-order valence-electron chi connectivity index (χ4n) is 3.38. The summed E-state index contributed by atoms with van der Waals surface area (Å²) in [5, 5.41) is 7.04. The topological polar surface area (TPSA) is 84.1 Å². The Balaban J connectivity index is 1.73. The third-order valence-corrected chi connectivity index (χ3v) is 4.91. The Morgan fingerprint density at radius 3 is 2.66 bits per heavy atom. The van der Waals surface area contributed by atoms with Gasteiger partial charge in [-0.3, -0.25) is 14.6 Å². The predicted octanol–water partition coefficient (Wildman–Crippen LogP) is 1.30. The minimum Gasteiger partial charge on any atom is -0.497 e. The molecular weight excluding hydrogens is 366 g/mol. The van der Waals surface area contributed by atoms with Crippen molar-refractivity contribution in [3.8, 4) is 5.75 Å². The molecule has 2 aliphatic rings. The predicted molar refractivity (Wildman–Crippen MR) is 112 cm³/mol. The molecule has 5 N–H and O–H groups in total. The maximum atomic E-state index is 11.3. The number of amides is 1. The van der Waals surface area contributed by atoms with Crippen LogP contribution in [-0.2, 0) is 4.79 Å². The molecule has 4 rings (SSSR count). The Morgan fingerprint density at radius 2 is 1.97 bits per heavy atom. The number of ether oxygens (including phenoxy) is 1. The molecule has 0 radical (unpaired) electrons. The highest BCUT2D eigenvalue weighted by atomic mass is 16.5. The van der Waals surface area contributed by atoms with Crippen LogP contribution >= 0.6 is 0 Å². The fourth-order valence-corrected chi connectivity index (χ4v) is 3.38. The van der Waals surface area contributed by atoms with Gasteiger partial charge in [-0.05, 0) is 42.8 Å². The summed E-state index contributed by atoms with van der Waals surface area (Å²) in [6.07, 6.45) is 5.80. The molecule has 2 aromatic carbocycles. The number of carbonyl (C=O) groups is 1.